The Labute approximate surface area is 179 Å². The first kappa shape index (κ1) is 25.3. The van der Waals surface area contributed by atoms with Gasteiger partial charge in [-0.05, 0) is 36.7 Å². The number of carbonyl (C=O) groups excluding carboxylic acids is 4. The minimum Gasteiger partial charge on any atom is -0.345 e. The van der Waals surface area contributed by atoms with Crippen LogP contribution in [0.2, 0.25) is 0 Å². The maximum atomic E-state index is 12.9. The van der Waals surface area contributed by atoms with Crippen LogP contribution in [-0.4, -0.2) is 42.1 Å². The van der Waals surface area contributed by atoms with Gasteiger partial charge in [-0.15, -0.1) is 0 Å². The van der Waals surface area contributed by atoms with Gasteiger partial charge in [0.05, 0.1) is 6.04 Å². The van der Waals surface area contributed by atoms with Crippen molar-refractivity contribution in [3.63, 3.8) is 0 Å². The van der Waals surface area contributed by atoms with Gasteiger partial charge in [0.1, 0.15) is 18.4 Å². The van der Waals surface area contributed by atoms with E-state index < -0.39 is 29.9 Å². The summed E-state index contributed by atoms with van der Waals surface area (Å²) < 4.78 is 0. The van der Waals surface area contributed by atoms with Crippen LogP contribution in [0.5, 0.6) is 0 Å². The summed E-state index contributed by atoms with van der Waals surface area (Å²) in [5.74, 6) is -0.768. The molecule has 166 valence electrons. The standard InChI is InChI=1S/C23H35N3O4/c1-15(2)11-20(24-17(5)28)23(30)26-21(12-16(3)4)22(29)25-19(14-27)13-18-9-7-6-8-10-18/h6-10,14-16,19-21H,11-13H2,1-5H3,(H,24,28)(H,25,29)(H,26,30)/t19-,20+,21-/m1/s1. The summed E-state index contributed by atoms with van der Waals surface area (Å²) in [6.45, 7) is 9.18. The minimum atomic E-state index is -0.792. The normalized spacial score (nSPS) is 14.0. The molecule has 1 aromatic rings. The molecule has 3 amide bonds. The van der Waals surface area contributed by atoms with Crippen molar-refractivity contribution in [3.05, 3.63) is 35.9 Å². The van der Waals surface area contributed by atoms with Crippen molar-refractivity contribution < 1.29 is 19.2 Å². The second-order valence-electron chi connectivity index (χ2n) is 8.51. The van der Waals surface area contributed by atoms with Gasteiger partial charge in [0.15, 0.2) is 0 Å². The summed E-state index contributed by atoms with van der Waals surface area (Å²) in [4.78, 5) is 48.6. The summed E-state index contributed by atoms with van der Waals surface area (Å²) in [5.41, 5.74) is 0.932. The number of hydrogen-bond acceptors (Lipinski definition) is 4. The highest BCUT2D eigenvalue weighted by Crippen LogP contribution is 2.10. The predicted molar refractivity (Wildman–Crippen MR) is 117 cm³/mol. The summed E-state index contributed by atoms with van der Waals surface area (Å²) in [7, 11) is 0. The predicted octanol–water partition coefficient (Wildman–Crippen LogP) is 1.99. The van der Waals surface area contributed by atoms with E-state index in [0.29, 0.717) is 25.5 Å². The zero-order chi connectivity index (χ0) is 22.7. The summed E-state index contributed by atoms with van der Waals surface area (Å²) in [5, 5.41) is 8.16. The van der Waals surface area contributed by atoms with Crippen LogP contribution >= 0.6 is 0 Å². The van der Waals surface area contributed by atoms with Gasteiger partial charge in [-0.3, -0.25) is 14.4 Å². The molecule has 1 aromatic carbocycles. The van der Waals surface area contributed by atoms with Crippen molar-refractivity contribution in [2.45, 2.75) is 72.0 Å². The molecule has 0 radical (unpaired) electrons. The largest absolute Gasteiger partial charge is 0.345 e. The molecule has 3 N–H and O–H groups in total. The van der Waals surface area contributed by atoms with Crippen molar-refractivity contribution in [2.75, 3.05) is 0 Å². The number of carbonyl (C=O) groups is 4. The molecule has 0 aliphatic rings. The van der Waals surface area contributed by atoms with E-state index in [1.807, 2.05) is 58.0 Å². The lowest BCUT2D eigenvalue weighted by atomic mass is 9.99. The summed E-state index contributed by atoms with van der Waals surface area (Å²) >= 11 is 0. The first-order chi connectivity index (χ1) is 14.1. The van der Waals surface area contributed by atoms with Gasteiger partial charge in [-0.25, -0.2) is 0 Å². The number of nitrogens with one attached hydrogen (secondary N) is 3. The molecule has 7 nitrogen and oxygen atoms in total. The maximum absolute atomic E-state index is 12.9. The average molecular weight is 418 g/mol. The molecule has 0 aliphatic carbocycles. The van der Waals surface area contributed by atoms with Crippen LogP contribution in [-0.2, 0) is 25.6 Å². The molecule has 0 aliphatic heterocycles. The van der Waals surface area contributed by atoms with E-state index in [1.54, 1.807) is 0 Å². The Kier molecular flexibility index (Phi) is 10.8. The highest BCUT2D eigenvalue weighted by atomic mass is 16.2. The van der Waals surface area contributed by atoms with Gasteiger partial charge in [0, 0.05) is 6.92 Å². The van der Waals surface area contributed by atoms with Crippen LogP contribution < -0.4 is 16.0 Å². The second kappa shape index (κ2) is 12.8. The fraction of sp³-hybridized carbons (Fsp3) is 0.565. The van der Waals surface area contributed by atoms with Crippen molar-refractivity contribution >= 4 is 24.0 Å². The van der Waals surface area contributed by atoms with Crippen LogP contribution in [0.3, 0.4) is 0 Å². The van der Waals surface area contributed by atoms with Crippen molar-refractivity contribution in [1.82, 2.24) is 16.0 Å². The van der Waals surface area contributed by atoms with Gasteiger partial charge >= 0.3 is 0 Å². The van der Waals surface area contributed by atoms with E-state index in [2.05, 4.69) is 16.0 Å². The van der Waals surface area contributed by atoms with Crippen molar-refractivity contribution in [3.8, 4) is 0 Å². The number of rotatable bonds is 12. The zero-order valence-electron chi connectivity index (χ0n) is 18.6. The summed E-state index contributed by atoms with van der Waals surface area (Å²) in [6.07, 6.45) is 1.97. The molecule has 1 rings (SSSR count). The van der Waals surface area contributed by atoms with Crippen LogP contribution in [0.15, 0.2) is 30.3 Å². The molecule has 3 atom stereocenters. The molecule has 0 aromatic heterocycles. The van der Waals surface area contributed by atoms with Gasteiger partial charge in [-0.1, -0.05) is 58.0 Å². The van der Waals surface area contributed by atoms with Gasteiger partial charge in [0.2, 0.25) is 17.7 Å². The van der Waals surface area contributed by atoms with E-state index >= 15 is 0 Å². The fourth-order valence-corrected chi connectivity index (χ4v) is 3.21. The first-order valence-corrected chi connectivity index (χ1v) is 10.5. The lowest BCUT2D eigenvalue weighted by Gasteiger charge is -2.25. The molecular formula is C23H35N3O4. The molecule has 7 heteroatoms. The Hall–Kier alpha value is -2.70. The fourth-order valence-electron chi connectivity index (χ4n) is 3.21. The lowest BCUT2D eigenvalue weighted by molar-refractivity contribution is -0.132. The van der Waals surface area contributed by atoms with E-state index in [1.165, 1.54) is 6.92 Å². The maximum Gasteiger partial charge on any atom is 0.243 e. The first-order valence-electron chi connectivity index (χ1n) is 10.5. The second-order valence-corrected chi connectivity index (χ2v) is 8.51. The Morgan fingerprint density at radius 3 is 1.80 bits per heavy atom. The topological polar surface area (TPSA) is 104 Å². The Morgan fingerprint density at radius 1 is 0.833 bits per heavy atom. The number of benzene rings is 1. The van der Waals surface area contributed by atoms with Crippen molar-refractivity contribution in [2.24, 2.45) is 11.8 Å². The van der Waals surface area contributed by atoms with Crippen LogP contribution in [0.4, 0.5) is 0 Å². The van der Waals surface area contributed by atoms with Crippen LogP contribution in [0, 0.1) is 11.8 Å². The molecular weight excluding hydrogens is 382 g/mol. The average Bonchev–Trinajstić information content (AvgIpc) is 2.66. The number of hydrogen-bond donors (Lipinski definition) is 3. The zero-order valence-corrected chi connectivity index (χ0v) is 18.6. The van der Waals surface area contributed by atoms with E-state index in [4.69, 9.17) is 0 Å². The highest BCUT2D eigenvalue weighted by molar-refractivity contribution is 5.92. The Bertz CT molecular complexity index is 704. The molecule has 0 bridgehead atoms. The molecule has 0 spiro atoms. The molecule has 0 unspecified atom stereocenters. The van der Waals surface area contributed by atoms with E-state index in [9.17, 15) is 19.2 Å². The Balaban J connectivity index is 2.87. The molecule has 0 saturated heterocycles. The van der Waals surface area contributed by atoms with Gasteiger partial charge < -0.3 is 20.7 Å². The monoisotopic (exact) mass is 417 g/mol. The lowest BCUT2D eigenvalue weighted by Crippen LogP contribution is -2.55. The molecule has 30 heavy (non-hydrogen) atoms. The highest BCUT2D eigenvalue weighted by Gasteiger charge is 2.28. The molecule has 0 saturated carbocycles. The van der Waals surface area contributed by atoms with E-state index in [0.717, 1.165) is 5.56 Å². The smallest absolute Gasteiger partial charge is 0.243 e. The van der Waals surface area contributed by atoms with Gasteiger partial charge in [0.25, 0.3) is 0 Å². The van der Waals surface area contributed by atoms with Crippen LogP contribution in [0.1, 0.15) is 53.0 Å². The molecule has 0 heterocycles. The minimum absolute atomic E-state index is 0.147. The SMILES string of the molecule is CC(=O)N[C@@H](CC(C)C)C(=O)N[C@H](CC(C)C)C(=O)N[C@@H](C=O)Cc1ccccc1. The van der Waals surface area contributed by atoms with Crippen LogP contribution in [0.25, 0.3) is 0 Å². The number of amides is 3. The third-order valence-corrected chi connectivity index (χ3v) is 4.53. The van der Waals surface area contributed by atoms with Gasteiger partial charge in [-0.2, -0.15) is 0 Å². The third-order valence-electron chi connectivity index (χ3n) is 4.53. The summed E-state index contributed by atoms with van der Waals surface area (Å²) in [6, 6.07) is 7.22. The Morgan fingerprint density at radius 2 is 1.33 bits per heavy atom. The van der Waals surface area contributed by atoms with E-state index in [-0.39, 0.29) is 17.7 Å². The quantitative estimate of drug-likeness (QED) is 0.452. The number of aldehydes is 1. The molecule has 0 fully saturated rings. The third kappa shape index (κ3) is 9.67. The van der Waals surface area contributed by atoms with Crippen molar-refractivity contribution in [1.29, 1.82) is 0 Å².